The highest BCUT2D eigenvalue weighted by Gasteiger charge is 2.29. The van der Waals surface area contributed by atoms with E-state index in [1.54, 1.807) is 0 Å². The SMILES string of the molecule is Cl.Cl.O.O.O=C1c2cc3c(cc2CCN1CCC1CCCCN1CCCc1ccncc1)OCO3. The van der Waals surface area contributed by atoms with Crippen LogP contribution in [-0.2, 0) is 12.8 Å². The Balaban J connectivity index is 0.00000153. The van der Waals surface area contributed by atoms with Crippen LogP contribution < -0.4 is 9.47 Å². The van der Waals surface area contributed by atoms with Crippen LogP contribution >= 0.6 is 24.8 Å². The topological polar surface area (TPSA) is 118 Å². The average Bonchev–Trinajstić information content (AvgIpc) is 3.27. The van der Waals surface area contributed by atoms with E-state index in [9.17, 15) is 4.79 Å². The van der Waals surface area contributed by atoms with E-state index in [1.807, 2.05) is 29.4 Å². The Morgan fingerprint density at radius 3 is 2.49 bits per heavy atom. The molecule has 0 aliphatic carbocycles. The Kier molecular flexibility index (Phi) is 12.8. The minimum absolute atomic E-state index is 0. The van der Waals surface area contributed by atoms with E-state index in [1.165, 1.54) is 37.8 Å². The van der Waals surface area contributed by atoms with Gasteiger partial charge in [0.1, 0.15) is 0 Å². The number of aryl methyl sites for hydroxylation is 1. The largest absolute Gasteiger partial charge is 0.454 e. The van der Waals surface area contributed by atoms with Gasteiger partial charge in [0.05, 0.1) is 0 Å². The number of amides is 1. The van der Waals surface area contributed by atoms with E-state index in [2.05, 4.69) is 22.0 Å². The normalized spacial score (nSPS) is 18.3. The van der Waals surface area contributed by atoms with Gasteiger partial charge in [-0.1, -0.05) is 6.42 Å². The smallest absolute Gasteiger partial charge is 0.254 e. The zero-order chi connectivity index (χ0) is 21.0. The molecule has 196 valence electrons. The van der Waals surface area contributed by atoms with Gasteiger partial charge < -0.3 is 30.2 Å². The molecular weight excluding hydrogens is 493 g/mol. The van der Waals surface area contributed by atoms with Crippen molar-refractivity contribution >= 4 is 30.7 Å². The van der Waals surface area contributed by atoms with Gasteiger partial charge in [0, 0.05) is 37.1 Å². The number of hydrogen-bond donors (Lipinski definition) is 0. The Bertz CT molecular complexity index is 935. The third kappa shape index (κ3) is 7.21. The Morgan fingerprint density at radius 2 is 1.71 bits per heavy atom. The predicted octanol–water partition coefficient (Wildman–Crippen LogP) is 2.88. The van der Waals surface area contributed by atoms with Gasteiger partial charge in [-0.25, -0.2) is 0 Å². The molecule has 1 aromatic carbocycles. The zero-order valence-electron chi connectivity index (χ0n) is 19.9. The maximum atomic E-state index is 13.1. The first-order chi connectivity index (χ1) is 15.3. The fourth-order valence-corrected chi connectivity index (χ4v) is 5.15. The monoisotopic (exact) mass is 529 g/mol. The molecule has 1 fully saturated rings. The number of aromatic nitrogens is 1. The van der Waals surface area contributed by atoms with E-state index in [-0.39, 0.29) is 48.5 Å². The summed E-state index contributed by atoms with van der Waals surface area (Å²) in [5, 5.41) is 0. The lowest BCUT2D eigenvalue weighted by molar-refractivity contribution is 0.0696. The van der Waals surface area contributed by atoms with Gasteiger partial charge in [0.2, 0.25) is 6.79 Å². The number of hydrogen-bond acceptors (Lipinski definition) is 5. The van der Waals surface area contributed by atoms with Crippen LogP contribution in [0.3, 0.4) is 0 Å². The van der Waals surface area contributed by atoms with Crippen molar-refractivity contribution in [1.82, 2.24) is 14.8 Å². The number of rotatable bonds is 7. The lowest BCUT2D eigenvalue weighted by Gasteiger charge is -2.37. The summed E-state index contributed by atoms with van der Waals surface area (Å²) < 4.78 is 11.0. The fraction of sp³-hybridized carbons (Fsp3) is 0.520. The highest BCUT2D eigenvalue weighted by molar-refractivity contribution is 5.97. The van der Waals surface area contributed by atoms with E-state index in [0.29, 0.717) is 11.8 Å². The Hall–Kier alpha value is -2.10. The number of benzene rings is 1. The molecule has 1 atom stereocenters. The van der Waals surface area contributed by atoms with Crippen molar-refractivity contribution in [2.45, 2.75) is 51.0 Å². The summed E-state index contributed by atoms with van der Waals surface area (Å²) in [6.07, 6.45) is 11.8. The first-order valence-corrected chi connectivity index (χ1v) is 11.6. The van der Waals surface area contributed by atoms with Crippen molar-refractivity contribution in [3.05, 3.63) is 53.3 Å². The molecule has 3 aliphatic heterocycles. The number of carbonyl (C=O) groups is 1. The van der Waals surface area contributed by atoms with Gasteiger partial charge in [-0.2, -0.15) is 0 Å². The summed E-state index contributed by atoms with van der Waals surface area (Å²) in [4.78, 5) is 21.9. The summed E-state index contributed by atoms with van der Waals surface area (Å²) in [6, 6.07) is 8.66. The number of piperidine rings is 1. The molecular formula is C25H37Cl2N3O5. The second-order valence-corrected chi connectivity index (χ2v) is 8.84. The van der Waals surface area contributed by atoms with Gasteiger partial charge in [0.25, 0.3) is 5.91 Å². The molecule has 4 N–H and O–H groups in total. The highest BCUT2D eigenvalue weighted by atomic mass is 35.5. The zero-order valence-corrected chi connectivity index (χ0v) is 21.5. The number of carbonyl (C=O) groups excluding carboxylic acids is 1. The Labute approximate surface area is 219 Å². The molecule has 3 aliphatic rings. The van der Waals surface area contributed by atoms with Gasteiger partial charge in [-0.05, 0) is 87.0 Å². The standard InChI is InChI=1S/C25H31N3O3.2ClH.2H2O/c29-25-22-17-24-23(30-18-31-24)16-20(22)8-14-28(25)15-9-21-5-1-2-12-27(21)13-3-4-19-6-10-26-11-7-19;;;;/h6-7,10-11,16-17,21H,1-5,8-9,12-15,18H2;2*1H;2*1H2. The predicted molar refractivity (Wildman–Crippen MR) is 140 cm³/mol. The first kappa shape index (κ1) is 30.9. The van der Waals surface area contributed by atoms with Crippen LogP contribution in [0.4, 0.5) is 0 Å². The van der Waals surface area contributed by atoms with Crippen molar-refractivity contribution < 1.29 is 25.2 Å². The molecule has 0 saturated carbocycles. The molecule has 1 aromatic heterocycles. The van der Waals surface area contributed by atoms with Crippen molar-refractivity contribution in [3.63, 3.8) is 0 Å². The van der Waals surface area contributed by atoms with Crippen LogP contribution in [-0.4, -0.2) is 70.7 Å². The fourth-order valence-electron chi connectivity index (χ4n) is 5.15. The van der Waals surface area contributed by atoms with E-state index in [0.717, 1.165) is 55.8 Å². The van der Waals surface area contributed by atoms with Crippen molar-refractivity contribution in [3.8, 4) is 11.5 Å². The van der Waals surface area contributed by atoms with Crippen LogP contribution in [0.25, 0.3) is 0 Å². The van der Waals surface area contributed by atoms with Crippen molar-refractivity contribution in [2.24, 2.45) is 0 Å². The minimum atomic E-state index is 0. The number of fused-ring (bicyclic) bond motifs is 2. The van der Waals surface area contributed by atoms with Crippen LogP contribution in [0.15, 0.2) is 36.7 Å². The van der Waals surface area contributed by atoms with Gasteiger partial charge in [-0.3, -0.25) is 9.78 Å². The first-order valence-electron chi connectivity index (χ1n) is 11.6. The highest BCUT2D eigenvalue weighted by Crippen LogP contribution is 2.36. The van der Waals surface area contributed by atoms with Crippen molar-refractivity contribution in [1.29, 1.82) is 0 Å². The summed E-state index contributed by atoms with van der Waals surface area (Å²) in [5.41, 5.74) is 3.23. The molecule has 1 saturated heterocycles. The van der Waals surface area contributed by atoms with Gasteiger partial charge >= 0.3 is 0 Å². The summed E-state index contributed by atoms with van der Waals surface area (Å²) in [5.74, 6) is 1.60. The van der Waals surface area contributed by atoms with Gasteiger partial charge in [0.15, 0.2) is 11.5 Å². The number of nitrogens with zero attached hydrogens (tertiary/aromatic N) is 3. The average molecular weight is 530 g/mol. The maximum Gasteiger partial charge on any atom is 0.254 e. The molecule has 2 aromatic rings. The Morgan fingerprint density at radius 1 is 0.971 bits per heavy atom. The lowest BCUT2D eigenvalue weighted by Crippen LogP contribution is -2.44. The summed E-state index contributed by atoms with van der Waals surface area (Å²) in [6.45, 7) is 4.18. The number of likely N-dealkylation sites (tertiary alicyclic amines) is 1. The van der Waals surface area contributed by atoms with Crippen LogP contribution in [0.1, 0.15) is 53.6 Å². The van der Waals surface area contributed by atoms with E-state index >= 15 is 0 Å². The molecule has 1 unspecified atom stereocenters. The van der Waals surface area contributed by atoms with Crippen LogP contribution in [0.5, 0.6) is 11.5 Å². The summed E-state index contributed by atoms with van der Waals surface area (Å²) >= 11 is 0. The molecule has 0 radical (unpaired) electrons. The quantitative estimate of drug-likeness (QED) is 0.546. The maximum absolute atomic E-state index is 13.1. The summed E-state index contributed by atoms with van der Waals surface area (Å²) in [7, 11) is 0. The number of pyridine rings is 1. The number of ether oxygens (including phenoxy) is 2. The van der Waals surface area contributed by atoms with E-state index < -0.39 is 0 Å². The molecule has 1 amide bonds. The second-order valence-electron chi connectivity index (χ2n) is 8.84. The third-order valence-electron chi connectivity index (χ3n) is 6.91. The molecule has 0 spiro atoms. The molecule has 5 rings (SSSR count). The van der Waals surface area contributed by atoms with Crippen molar-refractivity contribution in [2.75, 3.05) is 33.0 Å². The molecule has 35 heavy (non-hydrogen) atoms. The van der Waals surface area contributed by atoms with Crippen LogP contribution in [0.2, 0.25) is 0 Å². The third-order valence-corrected chi connectivity index (χ3v) is 6.91. The molecule has 8 nitrogen and oxygen atoms in total. The lowest BCUT2D eigenvalue weighted by atomic mass is 9.96. The molecule has 10 heteroatoms. The van der Waals surface area contributed by atoms with Gasteiger partial charge in [-0.15, -0.1) is 24.8 Å². The minimum Gasteiger partial charge on any atom is -0.454 e. The molecule has 4 heterocycles. The van der Waals surface area contributed by atoms with Crippen LogP contribution in [0, 0.1) is 0 Å². The van der Waals surface area contributed by atoms with E-state index in [4.69, 9.17) is 9.47 Å². The number of halogens is 2. The molecule has 0 bridgehead atoms. The second kappa shape index (κ2) is 14.5.